The second kappa shape index (κ2) is 4.36. The number of aromatic nitrogens is 2. The number of furan rings is 1. The summed E-state index contributed by atoms with van der Waals surface area (Å²) in [5, 5.41) is 9.90. The summed E-state index contributed by atoms with van der Waals surface area (Å²) < 4.78 is 5.09. The van der Waals surface area contributed by atoms with Gasteiger partial charge >= 0.3 is 5.97 Å². The molecule has 0 radical (unpaired) electrons. The largest absolute Gasteiger partial charge is 0.475 e. The number of nitrogens with zero attached hydrogens (tertiary/aromatic N) is 2. The Bertz CT molecular complexity index is 524. The van der Waals surface area contributed by atoms with Crippen molar-refractivity contribution in [1.29, 1.82) is 0 Å². The molecule has 2 aromatic heterocycles. The number of carboxylic acid groups (broad SMARTS) is 1. The highest BCUT2D eigenvalue weighted by molar-refractivity contribution is 7.99. The predicted molar refractivity (Wildman–Crippen MR) is 56.6 cm³/mol. The second-order valence-electron chi connectivity index (χ2n) is 2.97. The highest BCUT2D eigenvalue weighted by Crippen LogP contribution is 2.27. The van der Waals surface area contributed by atoms with Gasteiger partial charge in [-0.3, -0.25) is 0 Å². The minimum Gasteiger partial charge on any atom is -0.475 e. The smallest absolute Gasteiger partial charge is 0.371 e. The van der Waals surface area contributed by atoms with Gasteiger partial charge in [0, 0.05) is 6.20 Å². The first kappa shape index (κ1) is 10.7. The van der Waals surface area contributed by atoms with Gasteiger partial charge in [0.05, 0.1) is 0 Å². The van der Waals surface area contributed by atoms with E-state index in [-0.39, 0.29) is 5.76 Å². The summed E-state index contributed by atoms with van der Waals surface area (Å²) in [7, 11) is 0. The fourth-order valence-corrected chi connectivity index (χ4v) is 1.86. The Balaban J connectivity index is 2.17. The molecular formula is C10H8N2O3S. The van der Waals surface area contributed by atoms with E-state index in [2.05, 4.69) is 9.97 Å². The molecule has 6 heteroatoms. The van der Waals surface area contributed by atoms with Gasteiger partial charge in [0.2, 0.25) is 5.76 Å². The lowest BCUT2D eigenvalue weighted by molar-refractivity contribution is 0.0656. The summed E-state index contributed by atoms with van der Waals surface area (Å²) in [6.45, 7) is 1.79. The molecule has 0 saturated carbocycles. The summed E-state index contributed by atoms with van der Waals surface area (Å²) >= 11 is 1.26. The van der Waals surface area contributed by atoms with Crippen molar-refractivity contribution in [3.8, 4) is 0 Å². The van der Waals surface area contributed by atoms with E-state index in [4.69, 9.17) is 9.52 Å². The minimum atomic E-state index is -1.08. The van der Waals surface area contributed by atoms with Gasteiger partial charge in [-0.15, -0.1) is 0 Å². The van der Waals surface area contributed by atoms with Crippen LogP contribution in [0.15, 0.2) is 38.9 Å². The van der Waals surface area contributed by atoms with E-state index >= 15 is 0 Å². The van der Waals surface area contributed by atoms with Crippen molar-refractivity contribution in [1.82, 2.24) is 9.97 Å². The first-order valence-corrected chi connectivity index (χ1v) is 5.27. The Morgan fingerprint density at radius 1 is 1.44 bits per heavy atom. The molecule has 0 unspecified atom stereocenters. The molecule has 0 aliphatic heterocycles. The van der Waals surface area contributed by atoms with Crippen LogP contribution < -0.4 is 0 Å². The number of aromatic carboxylic acids is 1. The number of hydrogen-bond donors (Lipinski definition) is 1. The molecule has 0 spiro atoms. The van der Waals surface area contributed by atoms with Crippen LogP contribution >= 0.6 is 11.8 Å². The maximum absolute atomic E-state index is 10.6. The summed E-state index contributed by atoms with van der Waals surface area (Å²) in [4.78, 5) is 18.7. The third-order valence-electron chi connectivity index (χ3n) is 1.75. The van der Waals surface area contributed by atoms with E-state index in [1.165, 1.54) is 17.8 Å². The lowest BCUT2D eigenvalue weighted by atomic mass is 10.5. The van der Waals surface area contributed by atoms with Gasteiger partial charge in [-0.1, -0.05) is 0 Å². The van der Waals surface area contributed by atoms with Gasteiger partial charge in [-0.25, -0.2) is 14.8 Å². The number of rotatable bonds is 3. The first-order chi connectivity index (χ1) is 7.65. The van der Waals surface area contributed by atoms with Gasteiger partial charge in [-0.2, -0.15) is 0 Å². The predicted octanol–water partition coefficient (Wildman–Crippen LogP) is 2.23. The standard InChI is InChI=1S/C10H8N2O3S/c1-6-11-5-4-8(12-6)16-9-3-2-7(15-9)10(13)14/h2-5H,1H3,(H,13,14). The molecule has 5 nitrogen and oxygen atoms in total. The molecule has 2 heterocycles. The molecule has 1 N–H and O–H groups in total. The lowest BCUT2D eigenvalue weighted by Crippen LogP contribution is -1.91. The summed E-state index contributed by atoms with van der Waals surface area (Å²) in [5.74, 6) is -0.492. The fraction of sp³-hybridized carbons (Fsp3) is 0.100. The molecule has 82 valence electrons. The molecule has 16 heavy (non-hydrogen) atoms. The summed E-state index contributed by atoms with van der Waals surface area (Å²) in [5.41, 5.74) is 0. The molecular weight excluding hydrogens is 228 g/mol. The van der Waals surface area contributed by atoms with Crippen LogP contribution in [-0.2, 0) is 0 Å². The van der Waals surface area contributed by atoms with Crippen molar-refractivity contribution in [2.24, 2.45) is 0 Å². The SMILES string of the molecule is Cc1nccc(Sc2ccc(C(=O)O)o2)n1. The van der Waals surface area contributed by atoms with Crippen molar-refractivity contribution in [3.05, 3.63) is 36.0 Å². The molecule has 0 amide bonds. The van der Waals surface area contributed by atoms with E-state index in [1.54, 1.807) is 25.3 Å². The summed E-state index contributed by atoms with van der Waals surface area (Å²) in [6.07, 6.45) is 1.64. The lowest BCUT2D eigenvalue weighted by Gasteiger charge is -1.97. The monoisotopic (exact) mass is 236 g/mol. The molecule has 0 atom stereocenters. The molecule has 0 aromatic carbocycles. The third kappa shape index (κ3) is 2.40. The number of carbonyl (C=O) groups is 1. The van der Waals surface area contributed by atoms with Crippen LogP contribution in [0.3, 0.4) is 0 Å². The maximum Gasteiger partial charge on any atom is 0.371 e. The average molecular weight is 236 g/mol. The first-order valence-electron chi connectivity index (χ1n) is 4.46. The van der Waals surface area contributed by atoms with Crippen LogP contribution in [0.2, 0.25) is 0 Å². The zero-order valence-corrected chi connectivity index (χ0v) is 9.19. The van der Waals surface area contributed by atoms with Crippen molar-refractivity contribution in [2.45, 2.75) is 17.0 Å². The molecule has 0 fully saturated rings. The topological polar surface area (TPSA) is 76.2 Å². The van der Waals surface area contributed by atoms with E-state index in [1.807, 2.05) is 0 Å². The maximum atomic E-state index is 10.6. The third-order valence-corrected chi connectivity index (χ3v) is 2.60. The zero-order chi connectivity index (χ0) is 11.5. The highest BCUT2D eigenvalue weighted by atomic mass is 32.2. The quantitative estimate of drug-likeness (QED) is 0.823. The van der Waals surface area contributed by atoms with E-state index in [0.29, 0.717) is 10.9 Å². The van der Waals surface area contributed by atoms with E-state index in [0.717, 1.165) is 5.03 Å². The van der Waals surface area contributed by atoms with Gasteiger partial charge in [-0.05, 0) is 36.9 Å². The molecule has 0 saturated heterocycles. The van der Waals surface area contributed by atoms with Crippen molar-refractivity contribution >= 4 is 17.7 Å². The Morgan fingerprint density at radius 3 is 2.88 bits per heavy atom. The minimum absolute atomic E-state index is 0.0757. The van der Waals surface area contributed by atoms with Gasteiger partial charge in [0.25, 0.3) is 0 Å². The van der Waals surface area contributed by atoms with Gasteiger partial charge in [0.15, 0.2) is 5.09 Å². The highest BCUT2D eigenvalue weighted by Gasteiger charge is 2.10. The van der Waals surface area contributed by atoms with Crippen molar-refractivity contribution in [2.75, 3.05) is 0 Å². The average Bonchev–Trinajstić information content (AvgIpc) is 2.66. The van der Waals surface area contributed by atoms with Crippen LogP contribution in [0.4, 0.5) is 0 Å². The Labute approximate surface area is 95.5 Å². The van der Waals surface area contributed by atoms with Crippen molar-refractivity contribution in [3.63, 3.8) is 0 Å². The van der Waals surface area contributed by atoms with Crippen LogP contribution in [0.25, 0.3) is 0 Å². The van der Waals surface area contributed by atoms with E-state index < -0.39 is 5.97 Å². The Hall–Kier alpha value is -1.82. The Morgan fingerprint density at radius 2 is 2.25 bits per heavy atom. The van der Waals surface area contributed by atoms with Gasteiger partial charge in [0.1, 0.15) is 10.9 Å². The zero-order valence-electron chi connectivity index (χ0n) is 8.38. The van der Waals surface area contributed by atoms with E-state index in [9.17, 15) is 4.79 Å². The van der Waals surface area contributed by atoms with Crippen molar-refractivity contribution < 1.29 is 14.3 Å². The number of hydrogen-bond acceptors (Lipinski definition) is 5. The summed E-state index contributed by atoms with van der Waals surface area (Å²) in [6, 6.07) is 4.75. The normalized spacial score (nSPS) is 10.3. The number of aryl methyl sites for hydroxylation is 1. The van der Waals surface area contributed by atoms with Crippen LogP contribution in [0.1, 0.15) is 16.4 Å². The van der Waals surface area contributed by atoms with Crippen LogP contribution in [0.5, 0.6) is 0 Å². The molecule has 0 aliphatic carbocycles. The van der Waals surface area contributed by atoms with Crippen LogP contribution in [0, 0.1) is 6.92 Å². The Kier molecular flexibility index (Phi) is 2.91. The van der Waals surface area contributed by atoms with Crippen LogP contribution in [-0.4, -0.2) is 21.0 Å². The fourth-order valence-electron chi connectivity index (χ4n) is 1.08. The molecule has 0 bridgehead atoms. The number of carboxylic acids is 1. The van der Waals surface area contributed by atoms with Gasteiger partial charge < -0.3 is 9.52 Å². The molecule has 2 rings (SSSR count). The molecule has 2 aromatic rings. The second-order valence-corrected chi connectivity index (χ2v) is 3.99. The molecule has 0 aliphatic rings.